The zero-order valence-electron chi connectivity index (χ0n) is 35.3. The van der Waals surface area contributed by atoms with Gasteiger partial charge in [0, 0.05) is 27.5 Å². The molecule has 0 atom stereocenters. The van der Waals surface area contributed by atoms with Gasteiger partial charge in [-0.05, 0) is 50.8 Å². The smallest absolute Gasteiger partial charge is 0.164 e. The van der Waals surface area contributed by atoms with Crippen molar-refractivity contribution in [3.63, 3.8) is 0 Å². The predicted molar refractivity (Wildman–Crippen MR) is 184 cm³/mol. The Labute approximate surface area is 276 Å². The normalized spacial score (nSPS) is 15.3. The first-order chi connectivity index (χ1) is 27.3. The molecule has 0 saturated carbocycles. The zero-order valence-corrected chi connectivity index (χ0v) is 23.3. The quantitative estimate of drug-likeness (QED) is 0.192. The minimum atomic E-state index is -0.631. The maximum Gasteiger partial charge on any atom is 0.164 e. The standard InChI is InChI=1S/C41H25N3O/c1-2-11-27(12-3-1)39-42-40(44-41(43-39)34-18-10-20-37-38(34)33-17-8-9-19-36(33)45-37)28-23-21-26(22-24-28)35-25-29-13-4-5-14-30(29)31-15-6-7-16-32(31)35/h1-25H/i1D,2D,3D,8D,9D,10D,11D,12D,17D,18D,19D,20D. The van der Waals surface area contributed by atoms with Gasteiger partial charge in [0.2, 0.25) is 0 Å². The second kappa shape index (κ2) is 10.2. The molecule has 9 rings (SSSR count). The molecule has 210 valence electrons. The molecule has 2 aromatic heterocycles. The van der Waals surface area contributed by atoms with Crippen LogP contribution in [0.25, 0.3) is 88.8 Å². The van der Waals surface area contributed by atoms with Crippen LogP contribution in [0.15, 0.2) is 156 Å². The first-order valence-corrected chi connectivity index (χ1v) is 14.1. The van der Waals surface area contributed by atoms with E-state index in [1.54, 1.807) is 12.1 Å². The van der Waals surface area contributed by atoms with Crippen molar-refractivity contribution in [2.45, 2.75) is 0 Å². The predicted octanol–water partition coefficient (Wildman–Crippen LogP) is 10.7. The molecule has 0 bridgehead atoms. The van der Waals surface area contributed by atoms with E-state index in [0.717, 1.165) is 32.7 Å². The summed E-state index contributed by atoms with van der Waals surface area (Å²) in [5.74, 6) is -0.689. The molecule has 0 saturated heterocycles. The third-order valence-electron chi connectivity index (χ3n) is 7.75. The van der Waals surface area contributed by atoms with E-state index in [-0.39, 0.29) is 50.5 Å². The van der Waals surface area contributed by atoms with Gasteiger partial charge < -0.3 is 4.42 Å². The highest BCUT2D eigenvalue weighted by atomic mass is 16.3. The highest BCUT2D eigenvalue weighted by Gasteiger charge is 2.18. The van der Waals surface area contributed by atoms with E-state index >= 15 is 0 Å². The summed E-state index contributed by atoms with van der Waals surface area (Å²) in [7, 11) is 0. The van der Waals surface area contributed by atoms with Gasteiger partial charge in [-0.2, -0.15) is 0 Å². The topological polar surface area (TPSA) is 51.8 Å². The molecule has 2 heterocycles. The lowest BCUT2D eigenvalue weighted by molar-refractivity contribution is 0.669. The number of rotatable bonds is 4. The van der Waals surface area contributed by atoms with Gasteiger partial charge in [-0.15, -0.1) is 0 Å². The van der Waals surface area contributed by atoms with Crippen LogP contribution in [0.3, 0.4) is 0 Å². The van der Waals surface area contributed by atoms with Gasteiger partial charge in [0.05, 0.1) is 16.4 Å². The summed E-state index contributed by atoms with van der Waals surface area (Å²) in [6.45, 7) is 0. The number of nitrogens with zero attached hydrogens (tertiary/aromatic N) is 3. The molecule has 0 unspecified atom stereocenters. The molecular formula is C41H25N3O. The molecule has 0 radical (unpaired) electrons. The third kappa shape index (κ3) is 4.27. The lowest BCUT2D eigenvalue weighted by Gasteiger charge is -2.12. The molecule has 0 aliphatic rings. The van der Waals surface area contributed by atoms with Gasteiger partial charge in [-0.1, -0.05) is 133 Å². The Kier molecular flexibility index (Phi) is 3.66. The molecule has 7 aromatic carbocycles. The second-order valence-corrected chi connectivity index (χ2v) is 10.3. The van der Waals surface area contributed by atoms with Crippen molar-refractivity contribution >= 4 is 43.5 Å². The Balaban J connectivity index is 1.33. The number of fused-ring (bicyclic) bond motifs is 6. The largest absolute Gasteiger partial charge is 0.456 e. The summed E-state index contributed by atoms with van der Waals surface area (Å²) in [6, 6.07) is 18.6. The van der Waals surface area contributed by atoms with Crippen molar-refractivity contribution in [3.8, 4) is 45.3 Å². The monoisotopic (exact) mass is 587 g/mol. The molecule has 0 aliphatic carbocycles. The van der Waals surface area contributed by atoms with Crippen LogP contribution in [0.1, 0.15) is 16.4 Å². The van der Waals surface area contributed by atoms with Gasteiger partial charge in [-0.25, -0.2) is 15.0 Å². The first-order valence-electron chi connectivity index (χ1n) is 20.1. The van der Waals surface area contributed by atoms with E-state index in [1.165, 1.54) is 0 Å². The Hall–Kier alpha value is -6.13. The number of hydrogen-bond acceptors (Lipinski definition) is 4. The van der Waals surface area contributed by atoms with E-state index in [2.05, 4.69) is 34.2 Å². The average molecular weight is 588 g/mol. The zero-order chi connectivity index (χ0) is 40.2. The van der Waals surface area contributed by atoms with Crippen LogP contribution >= 0.6 is 0 Å². The second-order valence-electron chi connectivity index (χ2n) is 10.3. The maximum absolute atomic E-state index is 9.07. The van der Waals surface area contributed by atoms with E-state index in [4.69, 9.17) is 25.9 Å². The molecule has 45 heavy (non-hydrogen) atoms. The van der Waals surface area contributed by atoms with Gasteiger partial charge in [0.15, 0.2) is 17.5 Å². The number of benzene rings is 7. The van der Waals surface area contributed by atoms with Crippen molar-refractivity contribution in [3.05, 3.63) is 151 Å². The van der Waals surface area contributed by atoms with E-state index in [1.807, 2.05) is 42.5 Å². The summed E-state index contributed by atoms with van der Waals surface area (Å²) >= 11 is 0. The Morgan fingerprint density at radius 1 is 0.444 bits per heavy atom. The maximum atomic E-state index is 9.07. The number of hydrogen-bond donors (Lipinski definition) is 0. The number of aromatic nitrogens is 3. The Morgan fingerprint density at radius 3 is 1.93 bits per heavy atom. The summed E-state index contributed by atoms with van der Waals surface area (Å²) < 4.78 is 108. The molecule has 0 N–H and O–H groups in total. The molecular weight excluding hydrogens is 550 g/mol. The summed E-state index contributed by atoms with van der Waals surface area (Å²) in [5, 5.41) is 4.02. The van der Waals surface area contributed by atoms with E-state index in [9.17, 15) is 0 Å². The van der Waals surface area contributed by atoms with Crippen LogP contribution in [0.5, 0.6) is 0 Å². The fraction of sp³-hybridized carbons (Fsp3) is 0. The van der Waals surface area contributed by atoms with Crippen molar-refractivity contribution in [1.82, 2.24) is 15.0 Å². The van der Waals surface area contributed by atoms with Crippen molar-refractivity contribution in [1.29, 1.82) is 0 Å². The van der Waals surface area contributed by atoms with Crippen molar-refractivity contribution < 1.29 is 20.9 Å². The molecule has 0 amide bonds. The van der Waals surface area contributed by atoms with Crippen LogP contribution in [0.2, 0.25) is 0 Å². The van der Waals surface area contributed by atoms with Crippen LogP contribution < -0.4 is 0 Å². The summed E-state index contributed by atoms with van der Waals surface area (Å²) in [6.07, 6.45) is 0. The van der Waals surface area contributed by atoms with Crippen LogP contribution in [-0.2, 0) is 0 Å². The molecule has 9 aromatic rings. The highest BCUT2D eigenvalue weighted by molar-refractivity contribution is 6.14. The highest BCUT2D eigenvalue weighted by Crippen LogP contribution is 2.38. The lowest BCUT2D eigenvalue weighted by Crippen LogP contribution is -2.00. The van der Waals surface area contributed by atoms with Crippen LogP contribution in [0, 0.1) is 0 Å². The van der Waals surface area contributed by atoms with Crippen LogP contribution in [0.4, 0.5) is 0 Å². The lowest BCUT2D eigenvalue weighted by atomic mass is 9.93. The molecule has 0 fully saturated rings. The first kappa shape index (κ1) is 16.1. The summed E-state index contributed by atoms with van der Waals surface area (Å²) in [4.78, 5) is 13.8. The van der Waals surface area contributed by atoms with E-state index < -0.39 is 72.5 Å². The SMILES string of the molecule is [2H]c1c([2H])c([2H])c(-c2nc(-c3ccc(-c4cc5ccccc5c5ccccc45)cc3)nc(-c3c([2H])c([2H])c([2H])c4oc5c([2H])c([2H])c([2H])c([2H])c5c34)n2)c([2H])c1[2H]. The van der Waals surface area contributed by atoms with Crippen molar-refractivity contribution in [2.75, 3.05) is 0 Å². The van der Waals surface area contributed by atoms with Gasteiger partial charge in [-0.3, -0.25) is 0 Å². The number of para-hydroxylation sites is 1. The number of furan rings is 1. The van der Waals surface area contributed by atoms with Crippen molar-refractivity contribution in [2.24, 2.45) is 0 Å². The minimum Gasteiger partial charge on any atom is -0.456 e. The molecule has 0 aliphatic heterocycles. The van der Waals surface area contributed by atoms with Gasteiger partial charge in [0.25, 0.3) is 0 Å². The average Bonchev–Trinajstić information content (AvgIpc) is 3.63. The summed E-state index contributed by atoms with van der Waals surface area (Å²) in [5.41, 5.74) is 1.09. The molecule has 0 spiro atoms. The van der Waals surface area contributed by atoms with Gasteiger partial charge in [0.1, 0.15) is 11.2 Å². The Bertz CT molecular complexity index is 3190. The Morgan fingerprint density at radius 2 is 1.09 bits per heavy atom. The fourth-order valence-electron chi connectivity index (χ4n) is 5.71. The van der Waals surface area contributed by atoms with E-state index in [0.29, 0.717) is 5.56 Å². The van der Waals surface area contributed by atoms with Gasteiger partial charge >= 0.3 is 0 Å². The van der Waals surface area contributed by atoms with Crippen LogP contribution in [-0.4, -0.2) is 15.0 Å². The molecule has 4 nitrogen and oxygen atoms in total. The minimum absolute atomic E-state index is 0.0273. The fourth-order valence-corrected chi connectivity index (χ4v) is 5.71. The third-order valence-corrected chi connectivity index (χ3v) is 7.75. The molecule has 4 heteroatoms.